The lowest BCUT2D eigenvalue weighted by Gasteiger charge is -2.19. The third-order valence-corrected chi connectivity index (χ3v) is 7.54. The summed E-state index contributed by atoms with van der Waals surface area (Å²) in [6, 6.07) is 18.1. The fraction of sp³-hybridized carbons (Fsp3) is 0.250. The zero-order valence-corrected chi connectivity index (χ0v) is 22.0. The van der Waals surface area contributed by atoms with E-state index in [2.05, 4.69) is 5.32 Å². The van der Waals surface area contributed by atoms with Gasteiger partial charge in [-0.25, -0.2) is 4.98 Å². The Balaban J connectivity index is 1.53. The van der Waals surface area contributed by atoms with Gasteiger partial charge in [-0.2, -0.15) is 0 Å². The lowest BCUT2D eigenvalue weighted by atomic mass is 10.2. The average Bonchev–Trinajstić information content (AvgIpc) is 3.40. The van der Waals surface area contributed by atoms with Gasteiger partial charge in [0.25, 0.3) is 5.56 Å². The summed E-state index contributed by atoms with van der Waals surface area (Å²) in [7, 11) is 3.16. The fourth-order valence-corrected chi connectivity index (χ4v) is 5.16. The number of hydrogen-bond donors (Lipinski definition) is 1. The molecule has 0 unspecified atom stereocenters. The molecule has 0 saturated heterocycles. The maximum atomic E-state index is 13.8. The second-order valence-corrected chi connectivity index (χ2v) is 9.73. The highest BCUT2D eigenvalue weighted by atomic mass is 32.2. The molecule has 9 nitrogen and oxygen atoms in total. The molecule has 0 radical (unpaired) electrons. The Labute approximate surface area is 223 Å². The molecule has 0 spiro atoms. The number of thioether (sulfide) groups is 1. The summed E-state index contributed by atoms with van der Waals surface area (Å²) in [6.07, 6.45) is 0.517. The molecule has 10 heteroatoms. The van der Waals surface area contributed by atoms with Crippen molar-refractivity contribution in [1.82, 2.24) is 9.55 Å². The van der Waals surface area contributed by atoms with E-state index < -0.39 is 5.25 Å². The zero-order valence-electron chi connectivity index (χ0n) is 21.2. The van der Waals surface area contributed by atoms with Crippen LogP contribution in [0.15, 0.2) is 70.6 Å². The van der Waals surface area contributed by atoms with Crippen LogP contribution in [0.25, 0.3) is 10.9 Å². The van der Waals surface area contributed by atoms with Crippen molar-refractivity contribution in [2.45, 2.75) is 30.3 Å². The molecule has 196 valence electrons. The van der Waals surface area contributed by atoms with Crippen LogP contribution < -0.4 is 29.8 Å². The minimum absolute atomic E-state index is 0.0916. The monoisotopic (exact) mass is 533 g/mol. The molecule has 0 bridgehead atoms. The van der Waals surface area contributed by atoms with Crippen molar-refractivity contribution in [3.8, 4) is 23.0 Å². The third kappa shape index (κ3) is 5.12. The predicted octanol–water partition coefficient (Wildman–Crippen LogP) is 4.70. The number of nitrogens with zero attached hydrogens (tertiary/aromatic N) is 2. The number of fused-ring (bicyclic) bond motifs is 2. The molecule has 5 rings (SSSR count). The summed E-state index contributed by atoms with van der Waals surface area (Å²) in [4.78, 5) is 31.9. The largest absolute Gasteiger partial charge is 0.497 e. The van der Waals surface area contributed by atoms with Crippen molar-refractivity contribution < 1.29 is 23.7 Å². The molecule has 1 amide bonds. The Morgan fingerprint density at radius 3 is 2.53 bits per heavy atom. The van der Waals surface area contributed by atoms with Gasteiger partial charge in [-0.3, -0.25) is 14.2 Å². The Kier molecular flexibility index (Phi) is 7.41. The molecule has 1 atom stereocenters. The summed E-state index contributed by atoms with van der Waals surface area (Å²) in [6.45, 7) is 2.28. The predicted molar refractivity (Wildman–Crippen MR) is 146 cm³/mol. The van der Waals surface area contributed by atoms with Gasteiger partial charge in [0.05, 0.1) is 42.6 Å². The van der Waals surface area contributed by atoms with Gasteiger partial charge in [-0.1, -0.05) is 43.0 Å². The standard InChI is InChI=1S/C28H27N3O6S/c1-4-25(26(32)29-20-7-5-6-8-22(20)35-3)38-28-30-21-14-24-23(36-16-37-24)13-19(21)27(33)31(28)15-17-9-11-18(34-2)12-10-17/h5-14,25H,4,15-16H2,1-3H3,(H,29,32)/t25-/m0/s1. The van der Waals surface area contributed by atoms with E-state index in [-0.39, 0.29) is 24.8 Å². The molecule has 0 saturated carbocycles. The lowest BCUT2D eigenvalue weighted by Crippen LogP contribution is -2.28. The number of ether oxygens (including phenoxy) is 4. The first-order valence-corrected chi connectivity index (χ1v) is 13.0. The average molecular weight is 534 g/mol. The Bertz CT molecular complexity index is 1540. The van der Waals surface area contributed by atoms with E-state index in [1.807, 2.05) is 43.3 Å². The van der Waals surface area contributed by atoms with Gasteiger partial charge in [-0.05, 0) is 42.3 Å². The zero-order chi connectivity index (χ0) is 26.6. The minimum atomic E-state index is -0.514. The quantitative estimate of drug-likeness (QED) is 0.244. The van der Waals surface area contributed by atoms with E-state index in [0.29, 0.717) is 45.4 Å². The number of para-hydroxylation sites is 2. The molecular formula is C28H27N3O6S. The number of amides is 1. The maximum absolute atomic E-state index is 13.8. The molecular weight excluding hydrogens is 506 g/mol. The van der Waals surface area contributed by atoms with Gasteiger partial charge >= 0.3 is 0 Å². The molecule has 4 aromatic rings. The van der Waals surface area contributed by atoms with Crippen LogP contribution in [0.2, 0.25) is 0 Å². The SMILES string of the molecule is CC[C@H](Sc1nc2cc3c(cc2c(=O)n1Cc1ccc(OC)cc1)OCO3)C(=O)Nc1ccccc1OC. The molecule has 1 aliphatic rings. The van der Waals surface area contributed by atoms with Crippen LogP contribution in [-0.2, 0) is 11.3 Å². The lowest BCUT2D eigenvalue weighted by molar-refractivity contribution is -0.115. The van der Waals surface area contributed by atoms with Gasteiger partial charge in [0.1, 0.15) is 11.5 Å². The van der Waals surface area contributed by atoms with Gasteiger partial charge < -0.3 is 24.3 Å². The summed E-state index contributed by atoms with van der Waals surface area (Å²) >= 11 is 1.25. The number of carbonyl (C=O) groups excluding carboxylic acids is 1. The minimum Gasteiger partial charge on any atom is -0.497 e. The maximum Gasteiger partial charge on any atom is 0.262 e. The fourth-order valence-electron chi connectivity index (χ4n) is 4.14. The van der Waals surface area contributed by atoms with Gasteiger partial charge in [0.2, 0.25) is 12.7 Å². The molecule has 1 aliphatic heterocycles. The van der Waals surface area contributed by atoms with Crippen LogP contribution in [0.1, 0.15) is 18.9 Å². The number of rotatable bonds is 9. The van der Waals surface area contributed by atoms with Crippen LogP contribution in [0.5, 0.6) is 23.0 Å². The van der Waals surface area contributed by atoms with Crippen molar-refractivity contribution in [3.63, 3.8) is 0 Å². The summed E-state index contributed by atoms with van der Waals surface area (Å²) in [5.41, 5.74) is 1.72. The number of carbonyl (C=O) groups is 1. The van der Waals surface area contributed by atoms with Crippen molar-refractivity contribution in [3.05, 3.63) is 76.6 Å². The molecule has 38 heavy (non-hydrogen) atoms. The van der Waals surface area contributed by atoms with E-state index in [9.17, 15) is 9.59 Å². The molecule has 1 N–H and O–H groups in total. The third-order valence-electron chi connectivity index (χ3n) is 6.19. The first-order chi connectivity index (χ1) is 18.5. The van der Waals surface area contributed by atoms with Gasteiger partial charge in [0.15, 0.2) is 16.7 Å². The number of methoxy groups -OCH3 is 2. The smallest absolute Gasteiger partial charge is 0.262 e. The van der Waals surface area contributed by atoms with Gasteiger partial charge in [-0.15, -0.1) is 0 Å². The van der Waals surface area contributed by atoms with E-state index >= 15 is 0 Å². The highest BCUT2D eigenvalue weighted by Crippen LogP contribution is 2.36. The number of aromatic nitrogens is 2. The van der Waals surface area contributed by atoms with E-state index in [1.54, 1.807) is 43.1 Å². The normalized spacial score (nSPS) is 12.8. The second kappa shape index (κ2) is 11.1. The Morgan fingerprint density at radius 2 is 1.82 bits per heavy atom. The first-order valence-electron chi connectivity index (χ1n) is 12.1. The number of anilines is 1. The van der Waals surface area contributed by atoms with Crippen LogP contribution in [0.4, 0.5) is 5.69 Å². The van der Waals surface area contributed by atoms with E-state index in [4.69, 9.17) is 23.9 Å². The van der Waals surface area contributed by atoms with Crippen LogP contribution in [-0.4, -0.2) is 41.7 Å². The summed E-state index contributed by atoms with van der Waals surface area (Å²) in [5, 5.41) is 3.28. The van der Waals surface area contributed by atoms with Crippen LogP contribution >= 0.6 is 11.8 Å². The second-order valence-electron chi connectivity index (χ2n) is 8.56. The highest BCUT2D eigenvalue weighted by Gasteiger charge is 2.24. The molecule has 0 aliphatic carbocycles. The van der Waals surface area contributed by atoms with Gasteiger partial charge in [0, 0.05) is 6.07 Å². The van der Waals surface area contributed by atoms with Crippen molar-refractivity contribution >= 4 is 34.3 Å². The van der Waals surface area contributed by atoms with E-state index in [1.165, 1.54) is 11.8 Å². The number of hydrogen-bond acceptors (Lipinski definition) is 8. The van der Waals surface area contributed by atoms with E-state index in [0.717, 1.165) is 11.3 Å². The first kappa shape index (κ1) is 25.5. The van der Waals surface area contributed by atoms with Crippen LogP contribution in [0.3, 0.4) is 0 Å². The number of benzene rings is 3. The molecule has 3 aromatic carbocycles. The molecule has 0 fully saturated rings. The highest BCUT2D eigenvalue weighted by molar-refractivity contribution is 8.00. The van der Waals surface area contributed by atoms with Crippen LogP contribution in [0, 0.1) is 0 Å². The number of nitrogens with one attached hydrogen (secondary N) is 1. The van der Waals surface area contributed by atoms with Crippen molar-refractivity contribution in [1.29, 1.82) is 0 Å². The summed E-state index contributed by atoms with van der Waals surface area (Å²) in [5.74, 6) is 2.12. The molecule has 2 heterocycles. The van der Waals surface area contributed by atoms with Crippen molar-refractivity contribution in [2.24, 2.45) is 0 Å². The van der Waals surface area contributed by atoms with Crippen molar-refractivity contribution in [2.75, 3.05) is 26.3 Å². The Morgan fingerprint density at radius 1 is 1.08 bits per heavy atom. The Hall–Kier alpha value is -4.18. The molecule has 1 aromatic heterocycles. The topological polar surface area (TPSA) is 101 Å². The summed E-state index contributed by atoms with van der Waals surface area (Å²) < 4.78 is 23.2.